The van der Waals surface area contributed by atoms with Crippen LogP contribution in [0, 0.1) is 0 Å². The van der Waals surface area contributed by atoms with E-state index in [1.165, 1.54) is 11.3 Å². The lowest BCUT2D eigenvalue weighted by atomic mass is 10.2. The van der Waals surface area contributed by atoms with E-state index in [-0.39, 0.29) is 6.42 Å². The summed E-state index contributed by atoms with van der Waals surface area (Å²) in [5.41, 5.74) is 0.832. The van der Waals surface area contributed by atoms with E-state index < -0.39 is 5.97 Å². The highest BCUT2D eigenvalue weighted by Gasteiger charge is 2.07. The first kappa shape index (κ1) is 13.9. The quantitative estimate of drug-likeness (QED) is 0.746. The number of aliphatic carboxylic acids is 1. The minimum atomic E-state index is -0.791. The maximum absolute atomic E-state index is 10.4. The van der Waals surface area contributed by atoms with Gasteiger partial charge in [-0.05, 0) is 13.3 Å². The van der Waals surface area contributed by atoms with Crippen molar-refractivity contribution in [2.45, 2.75) is 32.2 Å². The van der Waals surface area contributed by atoms with E-state index in [0.29, 0.717) is 19.1 Å². The van der Waals surface area contributed by atoms with Gasteiger partial charge in [0.05, 0.1) is 12.1 Å². The number of aromatic nitrogens is 1. The molecule has 0 bridgehead atoms. The highest BCUT2D eigenvalue weighted by molar-refractivity contribution is 7.13. The summed E-state index contributed by atoms with van der Waals surface area (Å²) in [6.07, 6.45) is 1.53. The lowest BCUT2D eigenvalue weighted by Gasteiger charge is -2.11. The van der Waals surface area contributed by atoms with E-state index in [1.807, 2.05) is 5.38 Å². The van der Waals surface area contributed by atoms with Gasteiger partial charge in [-0.25, -0.2) is 4.98 Å². The summed E-state index contributed by atoms with van der Waals surface area (Å²) in [5.74, 6) is -0.791. The molecule has 1 atom stereocenters. The number of rotatable bonds is 8. The summed E-state index contributed by atoms with van der Waals surface area (Å²) in [6, 6.07) is 0.299. The Hall–Kier alpha value is -1.14. The van der Waals surface area contributed by atoms with E-state index in [2.05, 4.69) is 17.2 Å². The Kier molecular flexibility index (Phi) is 5.93. The zero-order valence-electron chi connectivity index (χ0n) is 10.1. The van der Waals surface area contributed by atoms with Crippen molar-refractivity contribution in [3.63, 3.8) is 0 Å². The molecule has 1 rings (SSSR count). The number of hydrogen-bond acceptors (Lipinski definition) is 5. The smallest absolute Gasteiger partial charge is 0.303 e. The number of carboxylic acids is 1. The van der Waals surface area contributed by atoms with Gasteiger partial charge >= 0.3 is 5.97 Å². The molecule has 0 aliphatic rings. The number of carbonyl (C=O) groups is 1. The number of ether oxygens (including phenoxy) is 1. The standard InChI is InChI=1S/C11H18N2O3S/c1-8(5-6-16-2)12-11-13-9(7-17-11)3-4-10(14)15/h7-8H,3-6H2,1-2H3,(H,12,13)(H,14,15). The third kappa shape index (κ3) is 5.65. The molecule has 0 aromatic carbocycles. The summed E-state index contributed by atoms with van der Waals surface area (Å²) in [7, 11) is 1.68. The normalized spacial score (nSPS) is 12.4. The van der Waals surface area contributed by atoms with Crippen molar-refractivity contribution in [2.75, 3.05) is 19.0 Å². The number of nitrogens with one attached hydrogen (secondary N) is 1. The van der Waals surface area contributed by atoms with Gasteiger partial charge in [0.2, 0.25) is 0 Å². The molecule has 96 valence electrons. The second kappa shape index (κ2) is 7.24. The lowest BCUT2D eigenvalue weighted by Crippen LogP contribution is -2.17. The Morgan fingerprint density at radius 1 is 1.71 bits per heavy atom. The van der Waals surface area contributed by atoms with Gasteiger partial charge in [0.1, 0.15) is 0 Å². The minimum absolute atomic E-state index is 0.127. The number of nitrogens with zero attached hydrogens (tertiary/aromatic N) is 1. The Bertz CT molecular complexity index is 354. The third-order valence-corrected chi connectivity index (χ3v) is 3.09. The molecule has 1 unspecified atom stereocenters. The molecule has 0 spiro atoms. The maximum Gasteiger partial charge on any atom is 0.303 e. The van der Waals surface area contributed by atoms with E-state index in [0.717, 1.165) is 17.2 Å². The Morgan fingerprint density at radius 3 is 3.12 bits per heavy atom. The van der Waals surface area contributed by atoms with Gasteiger partial charge in [-0.1, -0.05) is 0 Å². The zero-order chi connectivity index (χ0) is 12.7. The van der Waals surface area contributed by atoms with Crippen LogP contribution in [0.2, 0.25) is 0 Å². The molecule has 0 aliphatic carbocycles. The molecular weight excluding hydrogens is 240 g/mol. The summed E-state index contributed by atoms with van der Waals surface area (Å²) in [5, 5.41) is 14.6. The van der Waals surface area contributed by atoms with Gasteiger partial charge in [-0.2, -0.15) is 0 Å². The molecule has 5 nitrogen and oxygen atoms in total. The average molecular weight is 258 g/mol. The van der Waals surface area contributed by atoms with Crippen LogP contribution in [0.25, 0.3) is 0 Å². The van der Waals surface area contributed by atoms with Crippen LogP contribution in [-0.4, -0.2) is 35.8 Å². The first-order valence-corrected chi connectivity index (χ1v) is 6.41. The van der Waals surface area contributed by atoms with Crippen molar-refractivity contribution in [1.82, 2.24) is 4.98 Å². The maximum atomic E-state index is 10.4. The number of aryl methyl sites for hydroxylation is 1. The van der Waals surface area contributed by atoms with Gasteiger partial charge in [0.15, 0.2) is 5.13 Å². The lowest BCUT2D eigenvalue weighted by molar-refractivity contribution is -0.136. The van der Waals surface area contributed by atoms with Crippen LogP contribution in [0.5, 0.6) is 0 Å². The fraction of sp³-hybridized carbons (Fsp3) is 0.636. The number of carboxylic acid groups (broad SMARTS) is 1. The van der Waals surface area contributed by atoms with Gasteiger partial charge in [-0.15, -0.1) is 11.3 Å². The van der Waals surface area contributed by atoms with Gasteiger partial charge in [-0.3, -0.25) is 4.79 Å². The molecule has 2 N–H and O–H groups in total. The second-order valence-corrected chi connectivity index (χ2v) is 4.72. The van der Waals surface area contributed by atoms with Crippen molar-refractivity contribution < 1.29 is 14.6 Å². The molecule has 0 saturated carbocycles. The largest absolute Gasteiger partial charge is 0.481 e. The predicted octanol–water partition coefficient (Wildman–Crippen LogP) is 2.00. The number of methoxy groups -OCH3 is 1. The van der Waals surface area contributed by atoms with E-state index in [9.17, 15) is 4.79 Å². The SMILES string of the molecule is COCCC(C)Nc1nc(CCC(=O)O)cs1. The number of anilines is 1. The molecule has 0 radical (unpaired) electrons. The van der Waals surface area contributed by atoms with E-state index in [1.54, 1.807) is 7.11 Å². The molecule has 1 aromatic rings. The Morgan fingerprint density at radius 2 is 2.47 bits per heavy atom. The van der Waals surface area contributed by atoms with Gasteiger partial charge in [0.25, 0.3) is 0 Å². The molecule has 6 heteroatoms. The molecule has 0 amide bonds. The molecule has 1 heterocycles. The fourth-order valence-corrected chi connectivity index (χ4v) is 2.16. The minimum Gasteiger partial charge on any atom is -0.481 e. The summed E-state index contributed by atoms with van der Waals surface area (Å²) < 4.78 is 5.00. The zero-order valence-corrected chi connectivity index (χ0v) is 10.9. The topological polar surface area (TPSA) is 71.5 Å². The van der Waals surface area contributed by atoms with Crippen LogP contribution < -0.4 is 5.32 Å². The Balaban J connectivity index is 2.37. The van der Waals surface area contributed by atoms with Crippen molar-refractivity contribution >= 4 is 22.4 Å². The van der Waals surface area contributed by atoms with E-state index >= 15 is 0 Å². The fourth-order valence-electron chi connectivity index (χ4n) is 1.30. The van der Waals surface area contributed by atoms with Crippen LogP contribution in [0.3, 0.4) is 0 Å². The molecule has 0 fully saturated rings. The van der Waals surface area contributed by atoms with Crippen LogP contribution >= 0.6 is 11.3 Å². The van der Waals surface area contributed by atoms with Crippen LogP contribution in [0.4, 0.5) is 5.13 Å². The van der Waals surface area contributed by atoms with Crippen LogP contribution in [0.1, 0.15) is 25.5 Å². The van der Waals surface area contributed by atoms with E-state index in [4.69, 9.17) is 9.84 Å². The highest BCUT2D eigenvalue weighted by Crippen LogP contribution is 2.18. The van der Waals surface area contributed by atoms with Crippen LogP contribution in [-0.2, 0) is 16.0 Å². The second-order valence-electron chi connectivity index (χ2n) is 3.86. The summed E-state index contributed by atoms with van der Waals surface area (Å²) in [6.45, 7) is 2.78. The van der Waals surface area contributed by atoms with Crippen LogP contribution in [0.15, 0.2) is 5.38 Å². The molecule has 1 aromatic heterocycles. The number of thiazole rings is 1. The molecule has 0 aliphatic heterocycles. The first-order chi connectivity index (χ1) is 8.11. The van der Waals surface area contributed by atoms with Gasteiger partial charge in [0, 0.05) is 31.6 Å². The van der Waals surface area contributed by atoms with Crippen molar-refractivity contribution in [3.05, 3.63) is 11.1 Å². The van der Waals surface area contributed by atoms with Crippen molar-refractivity contribution in [3.8, 4) is 0 Å². The average Bonchev–Trinajstić information content (AvgIpc) is 2.71. The molecule has 17 heavy (non-hydrogen) atoms. The summed E-state index contributed by atoms with van der Waals surface area (Å²) >= 11 is 1.51. The predicted molar refractivity (Wildman–Crippen MR) is 67.6 cm³/mol. The molecular formula is C11H18N2O3S. The Labute approximate surface area is 105 Å². The first-order valence-electron chi connectivity index (χ1n) is 5.53. The summed E-state index contributed by atoms with van der Waals surface area (Å²) in [4.78, 5) is 14.8. The number of hydrogen-bond donors (Lipinski definition) is 2. The van der Waals surface area contributed by atoms with Crippen molar-refractivity contribution in [1.29, 1.82) is 0 Å². The van der Waals surface area contributed by atoms with Crippen molar-refractivity contribution in [2.24, 2.45) is 0 Å². The highest BCUT2D eigenvalue weighted by atomic mass is 32.1. The van der Waals surface area contributed by atoms with Gasteiger partial charge < -0.3 is 15.2 Å². The monoisotopic (exact) mass is 258 g/mol. The molecule has 0 saturated heterocycles. The third-order valence-electron chi connectivity index (χ3n) is 2.27.